The first-order valence-corrected chi connectivity index (χ1v) is 7.74. The van der Waals surface area contributed by atoms with Gasteiger partial charge in [-0.2, -0.15) is 0 Å². The van der Waals surface area contributed by atoms with Crippen LogP contribution in [0.25, 0.3) is 22.8 Å². The summed E-state index contributed by atoms with van der Waals surface area (Å²) in [7, 11) is 0. The van der Waals surface area contributed by atoms with Gasteiger partial charge in [-0.1, -0.05) is 54.1 Å². The summed E-state index contributed by atoms with van der Waals surface area (Å²) in [6, 6.07) is 14.4. The Hall–Kier alpha value is -2.95. The number of hydrogen-bond donors (Lipinski definition) is 0. The molecule has 0 radical (unpaired) electrons. The first kappa shape index (κ1) is 17.9. The van der Waals surface area contributed by atoms with Gasteiger partial charge >= 0.3 is 0 Å². The average Bonchev–Trinajstić information content (AvgIpc) is 2.65. The summed E-state index contributed by atoms with van der Waals surface area (Å²) < 4.78 is 67.9. The van der Waals surface area contributed by atoms with E-state index in [4.69, 9.17) is 0 Å². The van der Waals surface area contributed by atoms with Crippen LogP contribution in [-0.4, -0.2) is 0 Å². The highest BCUT2D eigenvalue weighted by Gasteiger charge is 2.17. The molecule has 0 fully saturated rings. The summed E-state index contributed by atoms with van der Waals surface area (Å²) >= 11 is 0. The lowest BCUT2D eigenvalue weighted by atomic mass is 10.0. The summed E-state index contributed by atoms with van der Waals surface area (Å²) in [5.41, 5.74) is 2.01. The number of aryl methyl sites for hydroxylation is 1. The van der Waals surface area contributed by atoms with Gasteiger partial charge in [0.25, 0.3) is 0 Å². The van der Waals surface area contributed by atoms with Gasteiger partial charge in [-0.3, -0.25) is 0 Å². The van der Waals surface area contributed by atoms with Crippen LogP contribution < -0.4 is 0 Å². The summed E-state index contributed by atoms with van der Waals surface area (Å²) in [5, 5.41) is 0. The molecule has 0 N–H and O–H groups in total. The van der Waals surface area contributed by atoms with Crippen molar-refractivity contribution in [1.82, 2.24) is 0 Å². The van der Waals surface area contributed by atoms with Crippen LogP contribution in [0.3, 0.4) is 0 Å². The van der Waals surface area contributed by atoms with Crippen molar-refractivity contribution in [2.45, 2.75) is 6.92 Å². The Bertz CT molecular complexity index is 947. The zero-order valence-electron chi connectivity index (χ0n) is 13.7. The Morgan fingerprint density at radius 2 is 1.04 bits per heavy atom. The molecule has 3 aromatic carbocycles. The maximum Gasteiger partial charge on any atom is 0.194 e. The lowest BCUT2D eigenvalue weighted by Gasteiger charge is -2.06. The Labute approximate surface area is 147 Å². The minimum absolute atomic E-state index is 0.0940. The normalized spacial score (nSPS) is 12.1. The molecule has 132 valence electrons. The third-order valence-corrected chi connectivity index (χ3v) is 3.95. The minimum Gasteiger partial charge on any atom is -0.204 e. The first-order valence-electron chi connectivity index (χ1n) is 7.74. The second-order valence-corrected chi connectivity index (χ2v) is 5.83. The van der Waals surface area contributed by atoms with E-state index < -0.39 is 34.7 Å². The van der Waals surface area contributed by atoms with Gasteiger partial charge in [-0.25, -0.2) is 22.0 Å². The van der Waals surface area contributed by atoms with Crippen LogP contribution in [0.2, 0.25) is 0 Å². The Morgan fingerprint density at radius 1 is 0.615 bits per heavy atom. The topological polar surface area (TPSA) is 0 Å². The number of hydrogen-bond acceptors (Lipinski definition) is 0. The highest BCUT2D eigenvalue weighted by atomic mass is 19.2. The molecular formula is C21H13F5. The second kappa shape index (κ2) is 7.12. The molecule has 0 heterocycles. The zero-order valence-corrected chi connectivity index (χ0v) is 13.7. The van der Waals surface area contributed by atoms with Crippen LogP contribution in [0.15, 0.2) is 60.7 Å². The summed E-state index contributed by atoms with van der Waals surface area (Å²) in [6.45, 7) is 1.96. The van der Waals surface area contributed by atoms with E-state index in [9.17, 15) is 22.0 Å². The van der Waals surface area contributed by atoms with Gasteiger partial charge in [0.1, 0.15) is 0 Å². The molecule has 0 atom stereocenters. The Kier molecular flexibility index (Phi) is 4.89. The highest BCUT2D eigenvalue weighted by Crippen LogP contribution is 2.31. The van der Waals surface area contributed by atoms with Gasteiger partial charge in [0.05, 0.1) is 0 Å². The molecule has 0 nitrogen and oxygen atoms in total. The quantitative estimate of drug-likeness (QED) is 0.272. The van der Waals surface area contributed by atoms with E-state index in [1.807, 2.05) is 31.2 Å². The van der Waals surface area contributed by atoms with Crippen LogP contribution in [0.4, 0.5) is 22.0 Å². The van der Waals surface area contributed by atoms with Crippen molar-refractivity contribution in [2.75, 3.05) is 0 Å². The zero-order chi connectivity index (χ0) is 18.8. The van der Waals surface area contributed by atoms with E-state index in [2.05, 4.69) is 0 Å². The lowest BCUT2D eigenvalue weighted by Crippen LogP contribution is -1.94. The van der Waals surface area contributed by atoms with Crippen molar-refractivity contribution in [2.24, 2.45) is 0 Å². The van der Waals surface area contributed by atoms with Gasteiger partial charge in [0.15, 0.2) is 29.1 Å². The molecule has 0 unspecified atom stereocenters. The maximum atomic E-state index is 14.3. The third kappa shape index (κ3) is 3.52. The fourth-order valence-electron chi connectivity index (χ4n) is 2.49. The van der Waals surface area contributed by atoms with Crippen LogP contribution >= 0.6 is 0 Å². The molecule has 0 aliphatic heterocycles. The van der Waals surface area contributed by atoms with Crippen molar-refractivity contribution in [3.05, 3.63) is 94.8 Å². The van der Waals surface area contributed by atoms with Crippen molar-refractivity contribution < 1.29 is 22.0 Å². The van der Waals surface area contributed by atoms with E-state index in [0.29, 0.717) is 12.1 Å². The number of rotatable bonds is 3. The third-order valence-electron chi connectivity index (χ3n) is 3.95. The van der Waals surface area contributed by atoms with Crippen LogP contribution in [-0.2, 0) is 0 Å². The van der Waals surface area contributed by atoms with Gasteiger partial charge in [0, 0.05) is 11.1 Å². The van der Waals surface area contributed by atoms with Crippen LogP contribution in [0.1, 0.15) is 16.7 Å². The molecule has 0 amide bonds. The van der Waals surface area contributed by atoms with E-state index in [-0.39, 0.29) is 5.56 Å². The van der Waals surface area contributed by atoms with Crippen LogP contribution in [0, 0.1) is 24.4 Å². The summed E-state index contributed by atoms with van der Waals surface area (Å²) in [5.74, 6) is -7.66. The molecule has 0 aromatic heterocycles. The van der Waals surface area contributed by atoms with E-state index in [1.54, 1.807) is 12.1 Å². The predicted molar refractivity (Wildman–Crippen MR) is 92.0 cm³/mol. The molecule has 0 aliphatic rings. The van der Waals surface area contributed by atoms with E-state index in [0.717, 1.165) is 16.7 Å². The maximum absolute atomic E-state index is 14.3. The molecule has 0 saturated carbocycles. The molecule has 5 heteroatoms. The first-order chi connectivity index (χ1) is 12.4. The fourth-order valence-corrected chi connectivity index (χ4v) is 2.49. The van der Waals surface area contributed by atoms with Gasteiger partial charge in [-0.05, 0) is 30.2 Å². The standard InChI is InChI=1S/C21H13F5/c1-12-2-4-13(5-3-12)14-6-8-15(9-7-14)19(24)20(25)16-10-17(22)21(26)18(23)11-16/h2-11H,1H3/b20-19+. The molecule has 3 aromatic rings. The second-order valence-electron chi connectivity index (χ2n) is 5.83. The minimum atomic E-state index is -1.73. The van der Waals surface area contributed by atoms with Crippen LogP contribution in [0.5, 0.6) is 0 Å². The monoisotopic (exact) mass is 360 g/mol. The summed E-state index contributed by atoms with van der Waals surface area (Å²) in [4.78, 5) is 0. The SMILES string of the molecule is Cc1ccc(-c2ccc(/C(F)=C(\F)c3cc(F)c(F)c(F)c3)cc2)cc1. The fraction of sp³-hybridized carbons (Fsp3) is 0.0476. The largest absolute Gasteiger partial charge is 0.204 e. The molecule has 0 aliphatic carbocycles. The molecule has 0 spiro atoms. The average molecular weight is 360 g/mol. The number of halogens is 5. The Balaban J connectivity index is 1.95. The van der Waals surface area contributed by atoms with E-state index in [1.165, 1.54) is 12.1 Å². The predicted octanol–water partition coefficient (Wildman–Crippen LogP) is 6.84. The highest BCUT2D eigenvalue weighted by molar-refractivity contribution is 5.83. The Morgan fingerprint density at radius 3 is 1.54 bits per heavy atom. The molecular weight excluding hydrogens is 347 g/mol. The van der Waals surface area contributed by atoms with Crippen molar-refractivity contribution in [3.63, 3.8) is 0 Å². The smallest absolute Gasteiger partial charge is 0.194 e. The summed E-state index contributed by atoms with van der Waals surface area (Å²) in [6.07, 6.45) is 0. The molecule has 26 heavy (non-hydrogen) atoms. The van der Waals surface area contributed by atoms with Gasteiger partial charge in [0.2, 0.25) is 0 Å². The van der Waals surface area contributed by atoms with Crippen molar-refractivity contribution in [1.29, 1.82) is 0 Å². The lowest BCUT2D eigenvalue weighted by molar-refractivity contribution is 0.446. The molecule has 3 rings (SSSR count). The molecule has 0 saturated heterocycles. The molecule has 0 bridgehead atoms. The van der Waals surface area contributed by atoms with Crippen molar-refractivity contribution in [3.8, 4) is 11.1 Å². The number of benzene rings is 3. The van der Waals surface area contributed by atoms with Crippen molar-refractivity contribution >= 4 is 11.7 Å². The van der Waals surface area contributed by atoms with Gasteiger partial charge < -0.3 is 0 Å². The van der Waals surface area contributed by atoms with E-state index >= 15 is 0 Å². The van der Waals surface area contributed by atoms with Gasteiger partial charge in [-0.15, -0.1) is 0 Å².